The molecule has 0 bridgehead atoms. The molecule has 0 aromatic heterocycles. The Morgan fingerprint density at radius 1 is 1.08 bits per heavy atom. The van der Waals surface area contributed by atoms with E-state index in [0.717, 1.165) is 44.7 Å². The number of hydrogen-bond acceptors (Lipinski definition) is 4. The number of piperazine rings is 1. The molecule has 1 unspecified atom stereocenters. The summed E-state index contributed by atoms with van der Waals surface area (Å²) in [5.41, 5.74) is 1.13. The largest absolute Gasteiger partial charge is 0.508 e. The first kappa shape index (κ1) is 18.1. The summed E-state index contributed by atoms with van der Waals surface area (Å²) < 4.78 is 0. The number of aromatic hydroxyl groups is 1. The fourth-order valence-electron chi connectivity index (χ4n) is 4.13. The molecule has 138 valence electrons. The van der Waals surface area contributed by atoms with Gasteiger partial charge in [0.05, 0.1) is 6.04 Å². The van der Waals surface area contributed by atoms with Gasteiger partial charge in [0.1, 0.15) is 5.75 Å². The summed E-state index contributed by atoms with van der Waals surface area (Å²) >= 11 is 0. The average Bonchev–Trinajstić information content (AvgIpc) is 2.67. The molecule has 1 atom stereocenters. The molecule has 1 saturated heterocycles. The van der Waals surface area contributed by atoms with Crippen LogP contribution in [-0.4, -0.2) is 66.1 Å². The van der Waals surface area contributed by atoms with E-state index in [2.05, 4.69) is 16.7 Å². The Bertz CT molecular complexity index is 561. The minimum Gasteiger partial charge on any atom is -0.508 e. The number of benzene rings is 1. The van der Waals surface area contributed by atoms with Crippen LogP contribution in [0.1, 0.15) is 39.0 Å². The highest BCUT2D eigenvalue weighted by molar-refractivity contribution is 5.81. The fourth-order valence-corrected chi connectivity index (χ4v) is 4.13. The first-order valence-electron chi connectivity index (χ1n) is 9.61. The molecule has 1 aliphatic heterocycles. The zero-order chi connectivity index (χ0) is 17.8. The number of carbonyl (C=O) groups excluding carboxylic acids is 1. The van der Waals surface area contributed by atoms with Crippen LogP contribution in [0.2, 0.25) is 0 Å². The fraction of sp³-hybridized carbons (Fsp3) is 0.650. The minimum absolute atomic E-state index is 0.0473. The maximum Gasteiger partial charge on any atom is 0.239 e. The van der Waals surface area contributed by atoms with Crippen molar-refractivity contribution in [2.24, 2.45) is 0 Å². The molecule has 5 nitrogen and oxygen atoms in total. The van der Waals surface area contributed by atoms with Gasteiger partial charge >= 0.3 is 0 Å². The molecule has 2 aliphatic rings. The molecule has 0 spiro atoms. The molecule has 1 amide bonds. The number of hydrogen-bond donors (Lipinski definition) is 1. The van der Waals surface area contributed by atoms with Crippen molar-refractivity contribution in [3.63, 3.8) is 0 Å². The lowest BCUT2D eigenvalue weighted by molar-refractivity contribution is -0.138. The molecule has 1 aliphatic carbocycles. The van der Waals surface area contributed by atoms with E-state index in [9.17, 15) is 9.90 Å². The minimum atomic E-state index is -0.0473. The van der Waals surface area contributed by atoms with Crippen LogP contribution in [0.4, 0.5) is 5.69 Å². The monoisotopic (exact) mass is 345 g/mol. The Morgan fingerprint density at radius 3 is 2.28 bits per heavy atom. The first-order chi connectivity index (χ1) is 12.1. The lowest BCUT2D eigenvalue weighted by Crippen LogP contribution is -2.55. The summed E-state index contributed by atoms with van der Waals surface area (Å²) in [5, 5.41) is 9.42. The van der Waals surface area contributed by atoms with Crippen LogP contribution in [0.25, 0.3) is 0 Å². The van der Waals surface area contributed by atoms with Crippen molar-refractivity contribution in [1.29, 1.82) is 0 Å². The van der Waals surface area contributed by atoms with Crippen molar-refractivity contribution < 1.29 is 9.90 Å². The van der Waals surface area contributed by atoms with Gasteiger partial charge in [-0.15, -0.1) is 0 Å². The lowest BCUT2D eigenvalue weighted by Gasteiger charge is -2.41. The number of carbonyl (C=O) groups is 1. The lowest BCUT2D eigenvalue weighted by atomic mass is 9.94. The van der Waals surface area contributed by atoms with Gasteiger partial charge in [-0.25, -0.2) is 0 Å². The van der Waals surface area contributed by atoms with Gasteiger partial charge in [-0.2, -0.15) is 0 Å². The third-order valence-corrected chi connectivity index (χ3v) is 5.90. The Morgan fingerprint density at radius 2 is 1.68 bits per heavy atom. The molecule has 1 aromatic rings. The van der Waals surface area contributed by atoms with Crippen LogP contribution in [0.3, 0.4) is 0 Å². The molecule has 1 saturated carbocycles. The molecule has 1 aromatic carbocycles. The van der Waals surface area contributed by atoms with Gasteiger partial charge in [-0.3, -0.25) is 9.69 Å². The normalized spacial score (nSPS) is 21.1. The van der Waals surface area contributed by atoms with Gasteiger partial charge in [-0.05, 0) is 44.0 Å². The van der Waals surface area contributed by atoms with Gasteiger partial charge < -0.3 is 14.9 Å². The van der Waals surface area contributed by atoms with Gasteiger partial charge in [0.15, 0.2) is 0 Å². The van der Waals surface area contributed by atoms with Crippen molar-refractivity contribution >= 4 is 11.6 Å². The molecule has 2 fully saturated rings. The highest BCUT2D eigenvalue weighted by Gasteiger charge is 2.30. The van der Waals surface area contributed by atoms with Crippen LogP contribution >= 0.6 is 0 Å². The van der Waals surface area contributed by atoms with E-state index in [4.69, 9.17) is 0 Å². The van der Waals surface area contributed by atoms with Crippen molar-refractivity contribution in [3.8, 4) is 5.75 Å². The summed E-state index contributed by atoms with van der Waals surface area (Å²) in [4.78, 5) is 19.5. The van der Waals surface area contributed by atoms with Crippen LogP contribution < -0.4 is 4.90 Å². The quantitative estimate of drug-likeness (QED) is 0.911. The molecule has 25 heavy (non-hydrogen) atoms. The van der Waals surface area contributed by atoms with Crippen molar-refractivity contribution in [2.45, 2.75) is 51.1 Å². The van der Waals surface area contributed by atoms with Crippen LogP contribution in [0, 0.1) is 0 Å². The number of anilines is 1. The predicted octanol–water partition coefficient (Wildman–Crippen LogP) is 2.69. The molecular formula is C20H31N3O2. The molecule has 1 N–H and O–H groups in total. The highest BCUT2D eigenvalue weighted by Crippen LogP contribution is 2.24. The topological polar surface area (TPSA) is 47.0 Å². The van der Waals surface area contributed by atoms with Crippen LogP contribution in [0.15, 0.2) is 24.3 Å². The Balaban J connectivity index is 1.52. The summed E-state index contributed by atoms with van der Waals surface area (Å²) in [6.45, 7) is 5.67. The van der Waals surface area contributed by atoms with Crippen molar-refractivity contribution in [1.82, 2.24) is 9.80 Å². The van der Waals surface area contributed by atoms with Gasteiger partial charge in [0, 0.05) is 45.0 Å². The second-order valence-corrected chi connectivity index (χ2v) is 7.46. The van der Waals surface area contributed by atoms with E-state index in [0.29, 0.717) is 11.8 Å². The highest BCUT2D eigenvalue weighted by atomic mass is 16.3. The van der Waals surface area contributed by atoms with E-state index in [1.165, 1.54) is 19.3 Å². The van der Waals surface area contributed by atoms with Crippen molar-refractivity contribution in [3.05, 3.63) is 24.3 Å². The smallest absolute Gasteiger partial charge is 0.239 e. The summed E-state index contributed by atoms with van der Waals surface area (Å²) in [7, 11) is 1.99. The number of rotatable bonds is 4. The summed E-state index contributed by atoms with van der Waals surface area (Å²) in [5.74, 6) is 0.567. The number of amides is 1. The molecule has 0 radical (unpaired) electrons. The zero-order valence-corrected chi connectivity index (χ0v) is 15.5. The second kappa shape index (κ2) is 8.09. The SMILES string of the molecule is CC(C(=O)N(C)C1CCCCC1)N1CCN(c2ccc(O)cc2)CC1. The van der Waals surface area contributed by atoms with E-state index in [1.807, 2.05) is 24.1 Å². The predicted molar refractivity (Wildman–Crippen MR) is 101 cm³/mol. The van der Waals surface area contributed by atoms with E-state index in [1.54, 1.807) is 12.1 Å². The van der Waals surface area contributed by atoms with Crippen molar-refractivity contribution in [2.75, 3.05) is 38.1 Å². The standard InChI is InChI=1S/C20H31N3O2/c1-16(20(25)21(2)17-6-4-3-5-7-17)22-12-14-23(15-13-22)18-8-10-19(24)11-9-18/h8-11,16-17,24H,3-7,12-15H2,1-2H3. The van der Waals surface area contributed by atoms with Crippen LogP contribution in [-0.2, 0) is 4.79 Å². The van der Waals surface area contributed by atoms with Gasteiger partial charge in [0.2, 0.25) is 5.91 Å². The first-order valence-corrected chi connectivity index (χ1v) is 9.61. The maximum atomic E-state index is 12.9. The maximum absolute atomic E-state index is 12.9. The Labute approximate surface area is 151 Å². The molecule has 1 heterocycles. The summed E-state index contributed by atoms with van der Waals surface area (Å²) in [6, 6.07) is 7.75. The molecular weight excluding hydrogens is 314 g/mol. The second-order valence-electron chi connectivity index (χ2n) is 7.46. The average molecular weight is 345 g/mol. The van der Waals surface area contributed by atoms with Crippen LogP contribution in [0.5, 0.6) is 5.75 Å². The summed E-state index contributed by atoms with van der Waals surface area (Å²) in [6.07, 6.45) is 6.13. The Kier molecular flexibility index (Phi) is 5.84. The third-order valence-electron chi connectivity index (χ3n) is 5.90. The number of phenols is 1. The molecule has 3 rings (SSSR count). The number of likely N-dealkylation sites (N-methyl/N-ethyl adjacent to an activating group) is 1. The third kappa shape index (κ3) is 4.27. The van der Waals surface area contributed by atoms with Gasteiger partial charge in [-0.1, -0.05) is 19.3 Å². The zero-order valence-electron chi connectivity index (χ0n) is 15.5. The number of nitrogens with zero attached hydrogens (tertiary/aromatic N) is 3. The van der Waals surface area contributed by atoms with Gasteiger partial charge in [0.25, 0.3) is 0 Å². The number of phenolic OH excluding ortho intramolecular Hbond substituents is 1. The Hall–Kier alpha value is -1.75. The van der Waals surface area contributed by atoms with E-state index >= 15 is 0 Å². The van der Waals surface area contributed by atoms with E-state index in [-0.39, 0.29) is 11.9 Å². The van der Waals surface area contributed by atoms with E-state index < -0.39 is 0 Å². The molecule has 5 heteroatoms.